The largest absolute Gasteiger partial charge is 0.381 e. The quantitative estimate of drug-likeness (QED) is 0.818. The second kappa shape index (κ2) is 7.02. The number of ether oxygens (including phenoxy) is 2. The molecule has 0 saturated carbocycles. The molecule has 3 atom stereocenters. The van der Waals surface area contributed by atoms with Crippen LogP contribution in [0.3, 0.4) is 0 Å². The zero-order valence-corrected chi connectivity index (χ0v) is 12.8. The summed E-state index contributed by atoms with van der Waals surface area (Å²) >= 11 is 0. The Balaban J connectivity index is 1.93. The number of methoxy groups -OCH3 is 1. The van der Waals surface area contributed by atoms with Gasteiger partial charge in [-0.05, 0) is 38.8 Å². The molecule has 4 nitrogen and oxygen atoms in total. The van der Waals surface area contributed by atoms with Gasteiger partial charge in [0, 0.05) is 38.8 Å². The van der Waals surface area contributed by atoms with Gasteiger partial charge in [0.2, 0.25) is 0 Å². The number of rotatable bonds is 5. The highest BCUT2D eigenvalue weighted by atomic mass is 16.5. The van der Waals surface area contributed by atoms with Crippen molar-refractivity contribution in [1.82, 2.24) is 10.2 Å². The van der Waals surface area contributed by atoms with Gasteiger partial charge < -0.3 is 19.7 Å². The molecular formula is C15H30N2O2. The van der Waals surface area contributed by atoms with E-state index in [9.17, 15) is 0 Å². The first-order chi connectivity index (χ1) is 9.19. The first-order valence-corrected chi connectivity index (χ1v) is 7.66. The maximum absolute atomic E-state index is 5.76. The predicted molar refractivity (Wildman–Crippen MR) is 77.4 cm³/mol. The number of hydrogen-bond donors (Lipinski definition) is 1. The van der Waals surface area contributed by atoms with E-state index in [1.54, 1.807) is 0 Å². The van der Waals surface area contributed by atoms with Crippen LogP contribution in [0.5, 0.6) is 0 Å². The molecule has 0 bridgehead atoms. The van der Waals surface area contributed by atoms with Crippen molar-refractivity contribution in [2.75, 3.05) is 53.6 Å². The van der Waals surface area contributed by atoms with E-state index in [2.05, 4.69) is 17.1 Å². The monoisotopic (exact) mass is 270 g/mol. The maximum atomic E-state index is 5.76. The van der Waals surface area contributed by atoms with Gasteiger partial charge >= 0.3 is 0 Å². The summed E-state index contributed by atoms with van der Waals surface area (Å²) in [4.78, 5) is 2.58. The smallest absolute Gasteiger partial charge is 0.0724 e. The molecule has 0 aromatic carbocycles. The molecule has 0 aromatic rings. The van der Waals surface area contributed by atoms with Crippen LogP contribution in [0.15, 0.2) is 0 Å². The lowest BCUT2D eigenvalue weighted by molar-refractivity contribution is -0.0542. The molecule has 2 heterocycles. The number of nitrogens with zero attached hydrogens (tertiary/aromatic N) is 1. The molecule has 112 valence electrons. The third-order valence-electron chi connectivity index (χ3n) is 4.79. The Kier molecular flexibility index (Phi) is 5.63. The first-order valence-electron chi connectivity index (χ1n) is 7.66. The van der Waals surface area contributed by atoms with Crippen molar-refractivity contribution < 1.29 is 9.47 Å². The maximum Gasteiger partial charge on any atom is 0.0724 e. The summed E-state index contributed by atoms with van der Waals surface area (Å²) in [7, 11) is 3.89. The van der Waals surface area contributed by atoms with Crippen molar-refractivity contribution in [3.8, 4) is 0 Å². The van der Waals surface area contributed by atoms with E-state index in [1.807, 2.05) is 14.2 Å². The number of nitrogens with one attached hydrogen (secondary N) is 1. The zero-order valence-electron chi connectivity index (χ0n) is 12.8. The highest BCUT2D eigenvalue weighted by molar-refractivity contribution is 4.89. The number of hydrogen-bond acceptors (Lipinski definition) is 4. The van der Waals surface area contributed by atoms with E-state index in [-0.39, 0.29) is 0 Å². The minimum atomic E-state index is 0.297. The lowest BCUT2D eigenvalue weighted by Gasteiger charge is -2.44. The zero-order chi connectivity index (χ0) is 13.7. The molecule has 2 aliphatic rings. The Morgan fingerprint density at radius 2 is 2.32 bits per heavy atom. The van der Waals surface area contributed by atoms with Crippen LogP contribution in [-0.2, 0) is 9.47 Å². The van der Waals surface area contributed by atoms with Crippen LogP contribution in [0.4, 0.5) is 0 Å². The molecule has 0 spiro atoms. The van der Waals surface area contributed by atoms with Crippen molar-refractivity contribution >= 4 is 0 Å². The molecule has 2 saturated heterocycles. The lowest BCUT2D eigenvalue weighted by Crippen LogP contribution is -2.53. The summed E-state index contributed by atoms with van der Waals surface area (Å²) in [6, 6.07) is 0. The van der Waals surface area contributed by atoms with E-state index in [0.717, 1.165) is 32.8 Å². The van der Waals surface area contributed by atoms with Gasteiger partial charge in [0.1, 0.15) is 0 Å². The second-order valence-electron chi connectivity index (χ2n) is 6.46. The fourth-order valence-corrected chi connectivity index (χ4v) is 3.63. The Hall–Kier alpha value is -0.160. The second-order valence-corrected chi connectivity index (χ2v) is 6.46. The summed E-state index contributed by atoms with van der Waals surface area (Å²) in [5.41, 5.74) is 0.297. The van der Waals surface area contributed by atoms with E-state index in [1.165, 1.54) is 25.8 Å². The molecule has 0 amide bonds. The van der Waals surface area contributed by atoms with Crippen LogP contribution < -0.4 is 5.32 Å². The highest BCUT2D eigenvalue weighted by Crippen LogP contribution is 2.31. The van der Waals surface area contributed by atoms with Crippen LogP contribution in [-0.4, -0.2) is 64.6 Å². The topological polar surface area (TPSA) is 33.7 Å². The van der Waals surface area contributed by atoms with Crippen molar-refractivity contribution in [3.05, 3.63) is 0 Å². The third kappa shape index (κ3) is 3.91. The average molecular weight is 270 g/mol. The fourth-order valence-electron chi connectivity index (χ4n) is 3.63. The van der Waals surface area contributed by atoms with Crippen molar-refractivity contribution in [2.24, 2.45) is 11.3 Å². The summed E-state index contributed by atoms with van der Waals surface area (Å²) < 4.78 is 11.4. The molecule has 2 aliphatic heterocycles. The summed E-state index contributed by atoms with van der Waals surface area (Å²) in [5.74, 6) is 0.684. The number of likely N-dealkylation sites (tertiary alicyclic amines) is 1. The molecular weight excluding hydrogens is 240 g/mol. The Morgan fingerprint density at radius 1 is 1.47 bits per heavy atom. The molecule has 2 rings (SSSR count). The molecule has 0 radical (unpaired) electrons. The molecule has 3 unspecified atom stereocenters. The van der Waals surface area contributed by atoms with Gasteiger partial charge in [-0.3, -0.25) is 0 Å². The summed E-state index contributed by atoms with van der Waals surface area (Å²) in [6.45, 7) is 8.60. The van der Waals surface area contributed by atoms with Crippen molar-refractivity contribution in [1.29, 1.82) is 0 Å². The van der Waals surface area contributed by atoms with Gasteiger partial charge in [-0.25, -0.2) is 0 Å². The summed E-state index contributed by atoms with van der Waals surface area (Å²) in [6.07, 6.45) is 4.11. The van der Waals surface area contributed by atoms with Crippen LogP contribution in [0.25, 0.3) is 0 Å². The standard InChI is InChI=1S/C15H30N2O2/c1-13-5-7-17(9-14(13)18-3)11-15(10-16-2)6-4-8-19-12-15/h13-14,16H,4-12H2,1-3H3. The van der Waals surface area contributed by atoms with E-state index >= 15 is 0 Å². The van der Waals surface area contributed by atoms with Gasteiger partial charge in [-0.1, -0.05) is 6.92 Å². The van der Waals surface area contributed by atoms with Crippen molar-refractivity contribution in [2.45, 2.75) is 32.3 Å². The first kappa shape index (κ1) is 15.2. The van der Waals surface area contributed by atoms with Gasteiger partial charge in [-0.2, -0.15) is 0 Å². The summed E-state index contributed by atoms with van der Waals surface area (Å²) in [5, 5.41) is 3.36. The molecule has 2 fully saturated rings. The van der Waals surface area contributed by atoms with Gasteiger partial charge in [-0.15, -0.1) is 0 Å². The Bertz CT molecular complexity index is 261. The average Bonchev–Trinajstić information content (AvgIpc) is 2.42. The van der Waals surface area contributed by atoms with E-state index in [4.69, 9.17) is 9.47 Å². The fraction of sp³-hybridized carbons (Fsp3) is 1.00. The Labute approximate surface area is 117 Å². The lowest BCUT2D eigenvalue weighted by atomic mass is 9.81. The minimum absolute atomic E-state index is 0.297. The molecule has 4 heteroatoms. The van der Waals surface area contributed by atoms with Crippen LogP contribution >= 0.6 is 0 Å². The van der Waals surface area contributed by atoms with Crippen LogP contribution in [0, 0.1) is 11.3 Å². The van der Waals surface area contributed by atoms with Crippen LogP contribution in [0.1, 0.15) is 26.2 Å². The predicted octanol–water partition coefficient (Wildman–Crippen LogP) is 1.36. The minimum Gasteiger partial charge on any atom is -0.381 e. The molecule has 1 N–H and O–H groups in total. The highest BCUT2D eigenvalue weighted by Gasteiger charge is 2.36. The van der Waals surface area contributed by atoms with Gasteiger partial charge in [0.05, 0.1) is 12.7 Å². The molecule has 0 aliphatic carbocycles. The third-order valence-corrected chi connectivity index (χ3v) is 4.79. The Morgan fingerprint density at radius 3 is 2.95 bits per heavy atom. The van der Waals surface area contributed by atoms with Gasteiger partial charge in [0.25, 0.3) is 0 Å². The van der Waals surface area contributed by atoms with Crippen molar-refractivity contribution in [3.63, 3.8) is 0 Å². The normalized spacial score (nSPS) is 37.4. The van der Waals surface area contributed by atoms with E-state index < -0.39 is 0 Å². The number of piperidine rings is 1. The molecule has 0 aromatic heterocycles. The van der Waals surface area contributed by atoms with Gasteiger partial charge in [0.15, 0.2) is 0 Å². The van der Waals surface area contributed by atoms with E-state index in [0.29, 0.717) is 17.4 Å². The SMILES string of the molecule is CNCC1(CN2CCC(C)C(OC)C2)CCCOC1. The van der Waals surface area contributed by atoms with Crippen LogP contribution in [0.2, 0.25) is 0 Å². The molecule has 19 heavy (non-hydrogen) atoms.